The Kier molecular flexibility index (Phi) is 9.41. The van der Waals surface area contributed by atoms with Crippen molar-refractivity contribution in [1.82, 2.24) is 30.6 Å². The van der Waals surface area contributed by atoms with Gasteiger partial charge in [-0.15, -0.1) is 23.4 Å². The summed E-state index contributed by atoms with van der Waals surface area (Å²) in [4.78, 5) is 11.2. The lowest BCUT2D eigenvalue weighted by molar-refractivity contribution is -0.274. The molecule has 0 aliphatic rings. The molecule has 0 bridgehead atoms. The average Bonchev–Trinajstić information content (AvgIpc) is 3.46. The number of hydrogen-bond donors (Lipinski definition) is 1. The number of H-pyrrole nitrogens is 1. The van der Waals surface area contributed by atoms with Crippen molar-refractivity contribution in [2.24, 2.45) is 0 Å². The van der Waals surface area contributed by atoms with Crippen molar-refractivity contribution in [3.8, 4) is 11.5 Å². The number of ether oxygens (including phenoxy) is 2. The first-order valence-corrected chi connectivity index (χ1v) is 13.5. The van der Waals surface area contributed by atoms with Crippen LogP contribution in [0.3, 0.4) is 0 Å². The van der Waals surface area contributed by atoms with Crippen LogP contribution in [-0.4, -0.2) is 43.5 Å². The van der Waals surface area contributed by atoms with Gasteiger partial charge < -0.3 is 14.4 Å². The van der Waals surface area contributed by atoms with Crippen molar-refractivity contribution < 1.29 is 22.6 Å². The molecule has 2 aromatic heterocycles. The van der Waals surface area contributed by atoms with Crippen LogP contribution in [0.2, 0.25) is 0 Å². The lowest BCUT2D eigenvalue weighted by Crippen LogP contribution is -2.38. The minimum atomic E-state index is -4.74. The van der Waals surface area contributed by atoms with Crippen molar-refractivity contribution >= 4 is 5.95 Å². The molecule has 1 N–H and O–H groups in total. The molecule has 0 saturated heterocycles. The van der Waals surface area contributed by atoms with Crippen LogP contribution in [0, 0.1) is 0 Å². The quantitative estimate of drug-likeness (QED) is 0.210. The SMILES string of the molecule is CCCc1cc(C(C)(C)CN(Cc2ccc(OC(F)(F)F)cc2)c2ncc(CC)cn2)ccc1OCc1nn[nH]n1. The summed E-state index contributed by atoms with van der Waals surface area (Å²) in [6.07, 6.45) is 1.46. The van der Waals surface area contributed by atoms with E-state index in [-0.39, 0.29) is 17.8 Å². The van der Waals surface area contributed by atoms with E-state index < -0.39 is 6.36 Å². The molecule has 0 aliphatic carbocycles. The van der Waals surface area contributed by atoms with Gasteiger partial charge in [0.25, 0.3) is 0 Å². The predicted molar refractivity (Wildman–Crippen MR) is 148 cm³/mol. The zero-order valence-corrected chi connectivity index (χ0v) is 23.6. The van der Waals surface area contributed by atoms with Gasteiger partial charge in [0, 0.05) is 30.9 Å². The second-order valence-corrected chi connectivity index (χ2v) is 10.4. The first-order valence-electron chi connectivity index (χ1n) is 13.5. The van der Waals surface area contributed by atoms with Crippen molar-refractivity contribution in [3.63, 3.8) is 0 Å². The highest BCUT2D eigenvalue weighted by Crippen LogP contribution is 2.32. The number of aromatic nitrogens is 6. The fraction of sp³-hybridized carbons (Fsp3) is 0.414. The first kappa shape index (κ1) is 29.8. The van der Waals surface area contributed by atoms with Gasteiger partial charge in [0.15, 0.2) is 6.61 Å². The zero-order chi connectivity index (χ0) is 29.5. The van der Waals surface area contributed by atoms with Gasteiger partial charge in [0.05, 0.1) is 0 Å². The summed E-state index contributed by atoms with van der Waals surface area (Å²) >= 11 is 0. The van der Waals surface area contributed by atoms with Crippen molar-refractivity contribution in [2.45, 2.75) is 71.9 Å². The standard InChI is InChI=1S/C29H34F3N7O2/c1-5-7-22-14-23(10-13-25(22)40-18-26-35-37-38-36-26)28(3,4)19-39(27-33-15-20(6-2)16-34-27)17-21-8-11-24(12-9-21)41-29(30,31)32/h8-16H,5-7,17-19H2,1-4H3,(H,35,36,37,38). The largest absolute Gasteiger partial charge is 0.573 e. The first-order chi connectivity index (χ1) is 19.6. The summed E-state index contributed by atoms with van der Waals surface area (Å²) in [6.45, 7) is 9.60. The number of tetrazole rings is 1. The summed E-state index contributed by atoms with van der Waals surface area (Å²) in [5, 5.41) is 13.9. The van der Waals surface area contributed by atoms with Crippen LogP contribution in [-0.2, 0) is 31.4 Å². The summed E-state index contributed by atoms with van der Waals surface area (Å²) in [7, 11) is 0. The smallest absolute Gasteiger partial charge is 0.485 e. The summed E-state index contributed by atoms with van der Waals surface area (Å²) in [5.41, 5.74) is 3.66. The Labute approximate surface area is 237 Å². The molecule has 0 radical (unpaired) electrons. The van der Waals surface area contributed by atoms with Gasteiger partial charge in [-0.05, 0) is 53.3 Å². The number of nitrogens with zero attached hydrogens (tertiary/aromatic N) is 6. The number of anilines is 1. The van der Waals surface area contributed by atoms with Crippen LogP contribution < -0.4 is 14.4 Å². The Morgan fingerprint density at radius 2 is 1.68 bits per heavy atom. The second kappa shape index (κ2) is 13.0. The number of alkyl halides is 3. The van der Waals surface area contributed by atoms with E-state index >= 15 is 0 Å². The number of nitrogens with one attached hydrogen (secondary N) is 1. The van der Waals surface area contributed by atoms with Gasteiger partial charge in [-0.1, -0.05) is 63.6 Å². The Hall–Kier alpha value is -4.22. The molecule has 0 unspecified atom stereocenters. The summed E-state index contributed by atoms with van der Waals surface area (Å²) in [6, 6.07) is 12.1. The van der Waals surface area contributed by atoms with Crippen LogP contribution in [0.4, 0.5) is 19.1 Å². The second-order valence-electron chi connectivity index (χ2n) is 10.4. The Morgan fingerprint density at radius 3 is 2.29 bits per heavy atom. The molecule has 0 spiro atoms. The van der Waals surface area contributed by atoms with Gasteiger partial charge in [-0.25, -0.2) is 9.97 Å². The van der Waals surface area contributed by atoms with E-state index in [2.05, 4.69) is 62.2 Å². The van der Waals surface area contributed by atoms with Crippen LogP contribution in [0.1, 0.15) is 62.2 Å². The van der Waals surface area contributed by atoms with Crippen molar-refractivity contribution in [2.75, 3.05) is 11.4 Å². The third-order valence-electron chi connectivity index (χ3n) is 6.61. The van der Waals surface area contributed by atoms with E-state index in [1.165, 1.54) is 12.1 Å². The molecule has 4 aromatic rings. The number of halogens is 3. The lowest BCUT2D eigenvalue weighted by Gasteiger charge is -2.34. The topological polar surface area (TPSA) is 102 Å². The van der Waals surface area contributed by atoms with Gasteiger partial charge >= 0.3 is 6.36 Å². The molecule has 2 heterocycles. The highest BCUT2D eigenvalue weighted by Gasteiger charge is 2.31. The number of rotatable bonds is 13. The monoisotopic (exact) mass is 569 g/mol. The summed E-state index contributed by atoms with van der Waals surface area (Å²) < 4.78 is 47.9. The molecule has 12 heteroatoms. The van der Waals surface area contributed by atoms with Gasteiger partial charge in [0.1, 0.15) is 11.5 Å². The highest BCUT2D eigenvalue weighted by molar-refractivity contribution is 5.42. The number of aryl methyl sites for hydroxylation is 2. The molecule has 4 rings (SSSR count). The van der Waals surface area contributed by atoms with E-state index in [0.717, 1.165) is 47.3 Å². The minimum absolute atomic E-state index is 0.210. The van der Waals surface area contributed by atoms with E-state index in [9.17, 15) is 13.2 Å². The predicted octanol–water partition coefficient (Wildman–Crippen LogP) is 5.97. The number of benzene rings is 2. The average molecular weight is 570 g/mol. The maximum atomic E-state index is 12.6. The van der Waals surface area contributed by atoms with Crippen molar-refractivity contribution in [1.29, 1.82) is 0 Å². The molecule has 0 fully saturated rings. The molecular formula is C29H34F3N7O2. The molecule has 218 valence electrons. The van der Waals surface area contributed by atoms with E-state index in [4.69, 9.17) is 4.74 Å². The van der Waals surface area contributed by atoms with Crippen molar-refractivity contribution in [3.05, 3.63) is 82.9 Å². The maximum absolute atomic E-state index is 12.6. The van der Waals surface area contributed by atoms with Crippen LogP contribution in [0.5, 0.6) is 11.5 Å². The van der Waals surface area contributed by atoms with E-state index in [1.54, 1.807) is 24.5 Å². The number of aromatic amines is 1. The fourth-order valence-corrected chi connectivity index (χ4v) is 4.47. The molecule has 9 nitrogen and oxygen atoms in total. The van der Waals surface area contributed by atoms with Gasteiger partial charge in [0.2, 0.25) is 11.8 Å². The lowest BCUT2D eigenvalue weighted by atomic mass is 9.82. The minimum Gasteiger partial charge on any atom is -0.485 e. The van der Waals surface area contributed by atoms with E-state index in [0.29, 0.717) is 24.9 Å². The fourth-order valence-electron chi connectivity index (χ4n) is 4.47. The molecule has 41 heavy (non-hydrogen) atoms. The Balaban J connectivity index is 1.58. The molecule has 2 aromatic carbocycles. The molecule has 0 saturated carbocycles. The van der Waals surface area contributed by atoms with Crippen LogP contribution in [0.25, 0.3) is 0 Å². The molecule has 0 atom stereocenters. The molecule has 0 aliphatic heterocycles. The van der Waals surface area contributed by atoms with Gasteiger partial charge in [-0.2, -0.15) is 5.21 Å². The third kappa shape index (κ3) is 8.38. The highest BCUT2D eigenvalue weighted by atomic mass is 19.4. The molecule has 0 amide bonds. The zero-order valence-electron chi connectivity index (χ0n) is 23.6. The van der Waals surface area contributed by atoms with E-state index in [1.807, 2.05) is 24.0 Å². The van der Waals surface area contributed by atoms with Gasteiger partial charge in [-0.3, -0.25) is 0 Å². The Morgan fingerprint density at radius 1 is 0.951 bits per heavy atom. The normalized spacial score (nSPS) is 11.9. The van der Waals surface area contributed by atoms with Crippen LogP contribution >= 0.6 is 0 Å². The number of hydrogen-bond acceptors (Lipinski definition) is 8. The van der Waals surface area contributed by atoms with Crippen LogP contribution in [0.15, 0.2) is 54.9 Å². The maximum Gasteiger partial charge on any atom is 0.573 e. The molecular weight excluding hydrogens is 535 g/mol. The Bertz CT molecular complexity index is 1380. The third-order valence-corrected chi connectivity index (χ3v) is 6.61. The summed E-state index contributed by atoms with van der Waals surface area (Å²) in [5.74, 6) is 1.52.